The SMILES string of the molecule is CC1C=C(c2cc3c(cn2)cnn3-c2cccc(N3CCN(C(=O)OC(C)(C)C)CC3)n2)SN1. The van der Waals surface area contributed by atoms with Crippen LogP contribution in [-0.2, 0) is 4.74 Å². The Kier molecular flexibility index (Phi) is 5.95. The van der Waals surface area contributed by atoms with Crippen LogP contribution in [0.3, 0.4) is 0 Å². The van der Waals surface area contributed by atoms with Gasteiger partial charge in [0.15, 0.2) is 5.82 Å². The van der Waals surface area contributed by atoms with Crippen LogP contribution in [0.1, 0.15) is 33.4 Å². The maximum absolute atomic E-state index is 12.4. The van der Waals surface area contributed by atoms with Crippen molar-refractivity contribution in [1.29, 1.82) is 0 Å². The number of carbonyl (C=O) groups is 1. The molecule has 0 aromatic carbocycles. The number of rotatable bonds is 3. The highest BCUT2D eigenvalue weighted by molar-refractivity contribution is 8.06. The third-order valence-electron chi connectivity index (χ3n) is 5.65. The topological polar surface area (TPSA) is 88.4 Å². The second-order valence-corrected chi connectivity index (χ2v) is 10.4. The Morgan fingerprint density at radius 1 is 1.15 bits per heavy atom. The third kappa shape index (κ3) is 4.74. The summed E-state index contributed by atoms with van der Waals surface area (Å²) in [5.74, 6) is 1.62. The van der Waals surface area contributed by atoms with Gasteiger partial charge in [0.2, 0.25) is 0 Å². The molecule has 2 aliphatic rings. The Morgan fingerprint density at radius 3 is 2.62 bits per heavy atom. The van der Waals surface area contributed by atoms with Crippen LogP contribution in [0, 0.1) is 0 Å². The number of hydrogen-bond acceptors (Lipinski definition) is 8. The van der Waals surface area contributed by atoms with Gasteiger partial charge in [-0.05, 0) is 63.9 Å². The van der Waals surface area contributed by atoms with Crippen LogP contribution in [-0.4, -0.2) is 68.6 Å². The normalized spacial score (nSPS) is 18.9. The zero-order valence-corrected chi connectivity index (χ0v) is 20.7. The molecule has 3 aromatic rings. The van der Waals surface area contributed by atoms with E-state index in [-0.39, 0.29) is 6.09 Å². The lowest BCUT2D eigenvalue weighted by Gasteiger charge is -2.36. The summed E-state index contributed by atoms with van der Waals surface area (Å²) in [5, 5.41) is 5.55. The smallest absolute Gasteiger partial charge is 0.410 e. The molecule has 2 aliphatic heterocycles. The standard InChI is InChI=1S/C24H29N7O2S/c1-16-12-20(34-28-16)18-13-19-17(14-25-18)15-26-31(19)22-7-5-6-21(27-22)29-8-10-30(11-9-29)23(32)33-24(2,3)4/h5-7,12-16,28H,8-11H2,1-4H3. The van der Waals surface area contributed by atoms with E-state index in [2.05, 4.69) is 38.8 Å². The lowest BCUT2D eigenvalue weighted by molar-refractivity contribution is 0.0240. The molecule has 5 rings (SSSR count). The fraction of sp³-hybridized carbons (Fsp3) is 0.417. The fourth-order valence-corrected chi connectivity index (χ4v) is 4.85. The third-order valence-corrected chi connectivity index (χ3v) is 6.71. The summed E-state index contributed by atoms with van der Waals surface area (Å²) in [6.07, 6.45) is 5.59. The Morgan fingerprint density at radius 2 is 1.91 bits per heavy atom. The van der Waals surface area contributed by atoms with Crippen LogP contribution in [0.25, 0.3) is 21.6 Å². The van der Waals surface area contributed by atoms with Crippen LogP contribution in [0.2, 0.25) is 0 Å². The van der Waals surface area contributed by atoms with Gasteiger partial charge in [-0.3, -0.25) is 9.71 Å². The van der Waals surface area contributed by atoms with Crippen molar-refractivity contribution >= 4 is 39.7 Å². The average molecular weight is 480 g/mol. The number of nitrogens with zero attached hydrogens (tertiary/aromatic N) is 6. The summed E-state index contributed by atoms with van der Waals surface area (Å²) in [6.45, 7) is 10.4. The number of pyridine rings is 2. The van der Waals surface area contributed by atoms with Crippen LogP contribution in [0.15, 0.2) is 42.7 Å². The maximum atomic E-state index is 12.4. The predicted octanol–water partition coefficient (Wildman–Crippen LogP) is 3.85. The van der Waals surface area contributed by atoms with E-state index >= 15 is 0 Å². The maximum Gasteiger partial charge on any atom is 0.410 e. The molecule has 0 radical (unpaired) electrons. The minimum absolute atomic E-state index is 0.263. The van der Waals surface area contributed by atoms with E-state index in [1.54, 1.807) is 16.8 Å². The van der Waals surface area contributed by atoms with Gasteiger partial charge in [0.05, 0.1) is 17.4 Å². The Hall–Kier alpha value is -3.11. The Bertz CT molecular complexity index is 1240. The van der Waals surface area contributed by atoms with E-state index < -0.39 is 5.60 Å². The largest absolute Gasteiger partial charge is 0.444 e. The number of amides is 1. The van der Waals surface area contributed by atoms with Gasteiger partial charge in [0.25, 0.3) is 0 Å². The number of carbonyl (C=O) groups excluding carboxylic acids is 1. The van der Waals surface area contributed by atoms with Gasteiger partial charge >= 0.3 is 6.09 Å². The highest BCUT2D eigenvalue weighted by Crippen LogP contribution is 2.31. The van der Waals surface area contributed by atoms with Gasteiger partial charge in [0.1, 0.15) is 11.4 Å². The second-order valence-electron chi connectivity index (χ2n) is 9.53. The molecule has 1 N–H and O–H groups in total. The summed E-state index contributed by atoms with van der Waals surface area (Å²) >= 11 is 1.60. The molecule has 0 saturated carbocycles. The number of aromatic nitrogens is 4. The van der Waals surface area contributed by atoms with Gasteiger partial charge in [-0.2, -0.15) is 5.10 Å². The van der Waals surface area contributed by atoms with Gasteiger partial charge in [-0.15, -0.1) is 0 Å². The summed E-state index contributed by atoms with van der Waals surface area (Å²) in [7, 11) is 0. The quantitative estimate of drug-likeness (QED) is 0.567. The molecule has 1 atom stereocenters. The number of anilines is 1. The Labute approximate surface area is 203 Å². The molecule has 0 aliphatic carbocycles. The minimum Gasteiger partial charge on any atom is -0.444 e. The van der Waals surface area contributed by atoms with Gasteiger partial charge in [-0.25, -0.2) is 14.5 Å². The first-order valence-electron chi connectivity index (χ1n) is 11.5. The van der Waals surface area contributed by atoms with Crippen molar-refractivity contribution in [3.8, 4) is 5.82 Å². The molecular formula is C24H29N7O2S. The van der Waals surface area contributed by atoms with Crippen LogP contribution in [0.4, 0.5) is 10.6 Å². The van der Waals surface area contributed by atoms with Crippen molar-refractivity contribution in [1.82, 2.24) is 29.4 Å². The number of hydrogen-bond donors (Lipinski definition) is 1. The number of nitrogens with one attached hydrogen (secondary N) is 1. The molecule has 0 bridgehead atoms. The lowest BCUT2D eigenvalue weighted by Crippen LogP contribution is -2.50. The van der Waals surface area contributed by atoms with E-state index in [0.29, 0.717) is 32.2 Å². The number of piperazine rings is 1. The first-order valence-corrected chi connectivity index (χ1v) is 12.3. The predicted molar refractivity (Wildman–Crippen MR) is 135 cm³/mol. The van der Waals surface area contributed by atoms with Crippen molar-refractivity contribution in [2.75, 3.05) is 31.1 Å². The van der Waals surface area contributed by atoms with E-state index in [9.17, 15) is 4.79 Å². The van der Waals surface area contributed by atoms with Gasteiger partial charge in [-0.1, -0.05) is 6.07 Å². The number of ether oxygens (including phenoxy) is 1. The number of fused-ring (bicyclic) bond motifs is 1. The Balaban J connectivity index is 1.35. The summed E-state index contributed by atoms with van der Waals surface area (Å²) in [5.41, 5.74) is 1.39. The zero-order valence-electron chi connectivity index (χ0n) is 19.9. The highest BCUT2D eigenvalue weighted by atomic mass is 32.2. The minimum atomic E-state index is -0.492. The molecule has 178 valence electrons. The monoisotopic (exact) mass is 479 g/mol. The molecule has 10 heteroatoms. The molecule has 34 heavy (non-hydrogen) atoms. The second kappa shape index (κ2) is 8.92. The summed E-state index contributed by atoms with van der Waals surface area (Å²) < 4.78 is 10.7. The zero-order chi connectivity index (χ0) is 23.9. The molecule has 5 heterocycles. The molecule has 1 amide bonds. The van der Waals surface area contributed by atoms with Crippen molar-refractivity contribution < 1.29 is 9.53 Å². The van der Waals surface area contributed by atoms with Crippen LogP contribution >= 0.6 is 11.9 Å². The van der Waals surface area contributed by atoms with E-state index in [1.165, 1.54) is 0 Å². The van der Waals surface area contributed by atoms with E-state index in [1.807, 2.05) is 56.0 Å². The van der Waals surface area contributed by atoms with Crippen molar-refractivity contribution in [3.05, 3.63) is 48.4 Å². The van der Waals surface area contributed by atoms with Crippen molar-refractivity contribution in [2.45, 2.75) is 39.3 Å². The molecule has 9 nitrogen and oxygen atoms in total. The molecule has 1 saturated heterocycles. The highest BCUT2D eigenvalue weighted by Gasteiger charge is 2.26. The summed E-state index contributed by atoms with van der Waals surface area (Å²) in [6, 6.07) is 8.33. The van der Waals surface area contributed by atoms with Gasteiger partial charge in [0, 0.05) is 48.7 Å². The van der Waals surface area contributed by atoms with E-state index in [0.717, 1.165) is 33.1 Å². The molecule has 3 aromatic heterocycles. The molecular weight excluding hydrogens is 450 g/mol. The first-order chi connectivity index (χ1) is 16.3. The van der Waals surface area contributed by atoms with Crippen LogP contribution < -0.4 is 9.62 Å². The summed E-state index contributed by atoms with van der Waals surface area (Å²) in [4.78, 5) is 26.9. The van der Waals surface area contributed by atoms with Crippen molar-refractivity contribution in [2.24, 2.45) is 0 Å². The molecule has 1 fully saturated rings. The molecule has 1 unspecified atom stereocenters. The molecule has 0 spiro atoms. The lowest BCUT2D eigenvalue weighted by atomic mass is 10.2. The first kappa shape index (κ1) is 22.7. The van der Waals surface area contributed by atoms with Gasteiger partial charge < -0.3 is 14.5 Å². The van der Waals surface area contributed by atoms with Crippen LogP contribution in [0.5, 0.6) is 0 Å². The fourth-order valence-electron chi connectivity index (χ4n) is 3.98. The van der Waals surface area contributed by atoms with Crippen molar-refractivity contribution in [3.63, 3.8) is 0 Å². The average Bonchev–Trinajstić information content (AvgIpc) is 3.44. The van der Waals surface area contributed by atoms with E-state index in [4.69, 9.17) is 9.72 Å².